The van der Waals surface area contributed by atoms with E-state index in [4.69, 9.17) is 11.6 Å². The Morgan fingerprint density at radius 2 is 1.89 bits per heavy atom. The maximum absolute atomic E-state index is 12.2. The molecule has 0 aliphatic carbocycles. The van der Waals surface area contributed by atoms with Gasteiger partial charge in [-0.1, -0.05) is 33.6 Å². The van der Waals surface area contributed by atoms with Crippen molar-refractivity contribution >= 4 is 37.4 Å². The van der Waals surface area contributed by atoms with Crippen LogP contribution in [0.25, 0.3) is 0 Å². The molecular formula is C13H10BrClO3S. The number of rotatable bonds is 3. The van der Waals surface area contributed by atoms with Gasteiger partial charge in [0.25, 0.3) is 0 Å². The number of hydrogen-bond donors (Lipinski definition) is 1. The van der Waals surface area contributed by atoms with Crippen LogP contribution >= 0.6 is 27.5 Å². The Balaban J connectivity index is 2.39. The first-order chi connectivity index (χ1) is 8.88. The molecule has 0 aliphatic heterocycles. The van der Waals surface area contributed by atoms with E-state index in [0.29, 0.717) is 9.50 Å². The van der Waals surface area contributed by atoms with Gasteiger partial charge in [-0.25, -0.2) is 8.42 Å². The van der Waals surface area contributed by atoms with Crippen molar-refractivity contribution in [2.24, 2.45) is 0 Å². The SMILES string of the molecule is O=S(=O)(Cc1cc(Cl)ccc1O)c1cccc(Br)c1. The summed E-state index contributed by atoms with van der Waals surface area (Å²) in [6, 6.07) is 10.8. The highest BCUT2D eigenvalue weighted by atomic mass is 79.9. The highest BCUT2D eigenvalue weighted by Crippen LogP contribution is 2.26. The van der Waals surface area contributed by atoms with E-state index in [0.717, 1.165) is 0 Å². The zero-order valence-electron chi connectivity index (χ0n) is 9.68. The predicted molar refractivity (Wildman–Crippen MR) is 78.1 cm³/mol. The summed E-state index contributed by atoms with van der Waals surface area (Å²) in [5.74, 6) is -0.376. The smallest absolute Gasteiger partial charge is 0.182 e. The molecule has 6 heteroatoms. The molecule has 1 N–H and O–H groups in total. The lowest BCUT2D eigenvalue weighted by atomic mass is 10.2. The number of benzene rings is 2. The number of phenols is 1. The van der Waals surface area contributed by atoms with Crippen molar-refractivity contribution in [2.45, 2.75) is 10.6 Å². The van der Waals surface area contributed by atoms with Crippen LogP contribution in [0.2, 0.25) is 5.02 Å². The molecule has 0 bridgehead atoms. The molecule has 2 aromatic carbocycles. The lowest BCUT2D eigenvalue weighted by Gasteiger charge is -2.07. The minimum atomic E-state index is -3.52. The molecule has 0 saturated carbocycles. The number of hydrogen-bond acceptors (Lipinski definition) is 3. The summed E-state index contributed by atoms with van der Waals surface area (Å²) in [6.07, 6.45) is 0. The highest BCUT2D eigenvalue weighted by Gasteiger charge is 2.18. The van der Waals surface area contributed by atoms with E-state index in [9.17, 15) is 13.5 Å². The van der Waals surface area contributed by atoms with E-state index >= 15 is 0 Å². The number of sulfone groups is 1. The van der Waals surface area contributed by atoms with Gasteiger partial charge >= 0.3 is 0 Å². The van der Waals surface area contributed by atoms with Crippen LogP contribution in [0.1, 0.15) is 5.56 Å². The Hall–Kier alpha value is -1.04. The number of halogens is 2. The summed E-state index contributed by atoms with van der Waals surface area (Å²) in [6.45, 7) is 0. The molecule has 0 spiro atoms. The van der Waals surface area contributed by atoms with Crippen LogP contribution in [0, 0.1) is 0 Å². The summed E-state index contributed by atoms with van der Waals surface area (Å²) < 4.78 is 25.2. The van der Waals surface area contributed by atoms with Crippen molar-refractivity contribution in [1.82, 2.24) is 0 Å². The van der Waals surface area contributed by atoms with Crippen molar-refractivity contribution in [3.05, 3.63) is 57.5 Å². The first-order valence-electron chi connectivity index (χ1n) is 5.34. The maximum atomic E-state index is 12.2. The van der Waals surface area contributed by atoms with Gasteiger partial charge in [-0.15, -0.1) is 0 Å². The summed E-state index contributed by atoms with van der Waals surface area (Å²) in [5, 5.41) is 10.1. The average molecular weight is 362 g/mol. The van der Waals surface area contributed by atoms with Gasteiger partial charge in [-0.3, -0.25) is 0 Å². The third kappa shape index (κ3) is 3.49. The van der Waals surface area contributed by atoms with Crippen LogP contribution in [0.3, 0.4) is 0 Å². The zero-order valence-corrected chi connectivity index (χ0v) is 12.8. The second-order valence-corrected chi connectivity index (χ2v) is 7.33. The predicted octanol–water partition coefficient (Wildman–Crippen LogP) is 3.78. The summed E-state index contributed by atoms with van der Waals surface area (Å²) >= 11 is 9.03. The minimum absolute atomic E-state index is 0.0806. The number of aromatic hydroxyl groups is 1. The van der Waals surface area contributed by atoms with Crippen LogP contribution in [0.15, 0.2) is 51.8 Å². The molecule has 0 heterocycles. The Kier molecular flexibility index (Phi) is 4.18. The molecule has 2 rings (SSSR count). The molecule has 2 aromatic rings. The van der Waals surface area contributed by atoms with E-state index < -0.39 is 9.84 Å². The summed E-state index contributed by atoms with van der Waals surface area (Å²) in [5.41, 5.74) is 0.285. The van der Waals surface area contributed by atoms with Gasteiger partial charge < -0.3 is 5.11 Å². The molecule has 0 saturated heterocycles. The molecule has 19 heavy (non-hydrogen) atoms. The molecule has 0 atom stereocenters. The molecule has 0 aromatic heterocycles. The highest BCUT2D eigenvalue weighted by molar-refractivity contribution is 9.10. The van der Waals surface area contributed by atoms with E-state index in [1.807, 2.05) is 0 Å². The van der Waals surface area contributed by atoms with Gasteiger partial charge in [0, 0.05) is 15.1 Å². The lowest BCUT2D eigenvalue weighted by Crippen LogP contribution is -2.05. The topological polar surface area (TPSA) is 54.4 Å². The molecule has 0 fully saturated rings. The third-order valence-electron chi connectivity index (χ3n) is 2.54. The maximum Gasteiger partial charge on any atom is 0.182 e. The standard InChI is InChI=1S/C13H10BrClO3S/c14-10-2-1-3-12(7-10)19(17,18)8-9-6-11(15)4-5-13(9)16/h1-7,16H,8H2. The normalized spacial score (nSPS) is 11.5. The fourth-order valence-electron chi connectivity index (χ4n) is 1.62. The van der Waals surface area contributed by atoms with Crippen molar-refractivity contribution in [3.63, 3.8) is 0 Å². The summed E-state index contributed by atoms with van der Waals surface area (Å²) in [7, 11) is -3.52. The van der Waals surface area contributed by atoms with Gasteiger partial charge in [-0.2, -0.15) is 0 Å². The van der Waals surface area contributed by atoms with Gasteiger partial charge in [-0.05, 0) is 36.4 Å². The second kappa shape index (κ2) is 5.53. The van der Waals surface area contributed by atoms with Crippen molar-refractivity contribution < 1.29 is 13.5 Å². The largest absolute Gasteiger partial charge is 0.508 e. The summed E-state index contributed by atoms with van der Waals surface area (Å²) in [4.78, 5) is 0.196. The number of phenolic OH excluding ortho intramolecular Hbond substituents is 1. The molecule has 0 unspecified atom stereocenters. The quantitative estimate of drug-likeness (QED) is 0.905. The van der Waals surface area contributed by atoms with Gasteiger partial charge in [0.15, 0.2) is 9.84 Å². The molecule has 0 radical (unpaired) electrons. The monoisotopic (exact) mass is 360 g/mol. The average Bonchev–Trinajstić information content (AvgIpc) is 2.33. The molecule has 0 amide bonds. The molecule has 100 valence electrons. The van der Waals surface area contributed by atoms with Crippen LogP contribution in [-0.4, -0.2) is 13.5 Å². The Labute approximate surface area is 124 Å². The molecular weight excluding hydrogens is 352 g/mol. The molecule has 0 aliphatic rings. The lowest BCUT2D eigenvalue weighted by molar-refractivity contribution is 0.469. The van der Waals surface area contributed by atoms with E-state index in [1.165, 1.54) is 30.3 Å². The van der Waals surface area contributed by atoms with E-state index in [2.05, 4.69) is 15.9 Å². The fraction of sp³-hybridized carbons (Fsp3) is 0.0769. The third-order valence-corrected chi connectivity index (χ3v) is 4.93. The Bertz CT molecular complexity index is 714. The van der Waals surface area contributed by atoms with Crippen molar-refractivity contribution in [1.29, 1.82) is 0 Å². The Morgan fingerprint density at radius 1 is 1.16 bits per heavy atom. The first-order valence-corrected chi connectivity index (χ1v) is 8.16. The fourth-order valence-corrected chi connectivity index (χ4v) is 3.76. The van der Waals surface area contributed by atoms with E-state index in [-0.39, 0.29) is 22.0 Å². The zero-order chi connectivity index (χ0) is 14.0. The second-order valence-electron chi connectivity index (χ2n) is 3.99. The minimum Gasteiger partial charge on any atom is -0.508 e. The first kappa shape index (κ1) is 14.4. The van der Waals surface area contributed by atoms with Crippen LogP contribution in [-0.2, 0) is 15.6 Å². The van der Waals surface area contributed by atoms with Crippen LogP contribution in [0.4, 0.5) is 0 Å². The van der Waals surface area contributed by atoms with Crippen molar-refractivity contribution in [2.75, 3.05) is 0 Å². The van der Waals surface area contributed by atoms with Crippen LogP contribution < -0.4 is 0 Å². The van der Waals surface area contributed by atoms with Crippen LogP contribution in [0.5, 0.6) is 5.75 Å². The van der Waals surface area contributed by atoms with E-state index in [1.54, 1.807) is 12.1 Å². The van der Waals surface area contributed by atoms with Gasteiger partial charge in [0.1, 0.15) is 5.75 Å². The van der Waals surface area contributed by atoms with Crippen molar-refractivity contribution in [3.8, 4) is 5.75 Å². The Morgan fingerprint density at radius 3 is 2.58 bits per heavy atom. The van der Waals surface area contributed by atoms with Gasteiger partial charge in [0.05, 0.1) is 10.6 Å². The molecule has 3 nitrogen and oxygen atoms in total. The van der Waals surface area contributed by atoms with Gasteiger partial charge in [0.2, 0.25) is 0 Å².